The summed E-state index contributed by atoms with van der Waals surface area (Å²) in [5, 5.41) is 0.460. The van der Waals surface area contributed by atoms with Gasteiger partial charge in [0.25, 0.3) is 5.56 Å². The lowest BCUT2D eigenvalue weighted by molar-refractivity contribution is 0.794. The number of nitrogens with zero attached hydrogens (tertiary/aromatic N) is 1. The van der Waals surface area contributed by atoms with Crippen LogP contribution in [0.3, 0.4) is 0 Å². The van der Waals surface area contributed by atoms with Gasteiger partial charge in [-0.05, 0) is 12.1 Å². The van der Waals surface area contributed by atoms with E-state index in [4.69, 9.17) is 7.85 Å². The first-order valence-electron chi connectivity index (χ1n) is 4.08. The van der Waals surface area contributed by atoms with E-state index < -0.39 is 5.69 Å². The first kappa shape index (κ1) is 8.81. The van der Waals surface area contributed by atoms with Crippen LogP contribution < -0.4 is 16.7 Å². The summed E-state index contributed by atoms with van der Waals surface area (Å²) < 4.78 is 1.03. The van der Waals surface area contributed by atoms with Gasteiger partial charge in [-0.1, -0.05) is 11.5 Å². The number of rotatable bonds is 0. The number of benzene rings is 1. The Hall–Kier alpha value is -1.78. The minimum Gasteiger partial charge on any atom is -0.307 e. The van der Waals surface area contributed by atoms with E-state index in [0.29, 0.717) is 16.4 Å². The largest absolute Gasteiger partial charge is 0.328 e. The van der Waals surface area contributed by atoms with Crippen LogP contribution in [0.5, 0.6) is 0 Å². The Labute approximate surface area is 80.6 Å². The lowest BCUT2D eigenvalue weighted by Crippen LogP contribution is -2.32. The highest BCUT2D eigenvalue weighted by atomic mass is 16.2. The van der Waals surface area contributed by atoms with Crippen LogP contribution in [0.25, 0.3) is 10.9 Å². The Balaban J connectivity index is 3.06. The Kier molecular flexibility index (Phi) is 1.80. The van der Waals surface area contributed by atoms with Crippen molar-refractivity contribution >= 4 is 24.2 Å². The monoisotopic (exact) mass is 186 g/mol. The van der Waals surface area contributed by atoms with E-state index in [2.05, 4.69) is 4.98 Å². The van der Waals surface area contributed by atoms with Gasteiger partial charge in [-0.2, -0.15) is 0 Å². The number of fused-ring (bicyclic) bond motifs is 1. The molecule has 1 heterocycles. The molecule has 0 amide bonds. The second-order valence-corrected chi connectivity index (χ2v) is 3.10. The molecule has 2 radical (unpaired) electrons. The van der Waals surface area contributed by atoms with E-state index in [9.17, 15) is 9.59 Å². The highest BCUT2D eigenvalue weighted by Crippen LogP contribution is 2.00. The van der Waals surface area contributed by atoms with Crippen LogP contribution in [0.4, 0.5) is 0 Å². The Morgan fingerprint density at radius 3 is 2.79 bits per heavy atom. The zero-order valence-corrected chi connectivity index (χ0v) is 7.57. The van der Waals surface area contributed by atoms with Gasteiger partial charge in [-0.15, -0.1) is 0 Å². The van der Waals surface area contributed by atoms with Gasteiger partial charge in [0.15, 0.2) is 0 Å². The van der Waals surface area contributed by atoms with E-state index in [1.165, 1.54) is 7.05 Å². The van der Waals surface area contributed by atoms with Crippen molar-refractivity contribution in [1.29, 1.82) is 0 Å². The van der Waals surface area contributed by atoms with Crippen molar-refractivity contribution in [2.75, 3.05) is 0 Å². The van der Waals surface area contributed by atoms with Crippen LogP contribution in [-0.4, -0.2) is 17.4 Å². The summed E-state index contributed by atoms with van der Waals surface area (Å²) in [5.41, 5.74) is 0.233. The van der Waals surface area contributed by atoms with E-state index in [-0.39, 0.29) is 5.56 Å². The predicted octanol–water partition coefficient (Wildman–Crippen LogP) is -0.979. The van der Waals surface area contributed by atoms with Crippen molar-refractivity contribution in [2.45, 2.75) is 0 Å². The van der Waals surface area contributed by atoms with Crippen LogP contribution in [-0.2, 0) is 7.05 Å². The molecule has 1 aromatic carbocycles. The van der Waals surface area contributed by atoms with Crippen LogP contribution >= 0.6 is 0 Å². The summed E-state index contributed by atoms with van der Waals surface area (Å²) in [4.78, 5) is 25.4. The normalized spacial score (nSPS) is 10.6. The number of H-pyrrole nitrogens is 1. The van der Waals surface area contributed by atoms with Gasteiger partial charge in [-0.25, -0.2) is 4.79 Å². The molecule has 1 N–H and O–H groups in total. The minimum atomic E-state index is -0.437. The molecule has 4 nitrogen and oxygen atoms in total. The molecule has 0 saturated carbocycles. The minimum absolute atomic E-state index is 0.316. The molecule has 14 heavy (non-hydrogen) atoms. The molecular weight excluding hydrogens is 179 g/mol. The molecule has 5 heteroatoms. The standard InChI is InChI=1S/C9H7BN2O2/c1-12-8(13)6-3-2-5(10)4-7(6)11-9(12)14/h2-4H,1H3,(H,11,14). The summed E-state index contributed by atoms with van der Waals surface area (Å²) >= 11 is 0. The maximum atomic E-state index is 11.6. The molecule has 68 valence electrons. The first-order valence-corrected chi connectivity index (χ1v) is 4.08. The lowest BCUT2D eigenvalue weighted by Gasteiger charge is -2.01. The molecule has 0 aliphatic carbocycles. The summed E-state index contributed by atoms with van der Waals surface area (Å²) in [6.45, 7) is 0. The fourth-order valence-electron chi connectivity index (χ4n) is 1.32. The molecule has 0 bridgehead atoms. The molecule has 0 spiro atoms. The van der Waals surface area contributed by atoms with Crippen molar-refractivity contribution in [2.24, 2.45) is 7.05 Å². The summed E-state index contributed by atoms with van der Waals surface area (Å²) in [6, 6.07) is 4.79. The highest BCUT2D eigenvalue weighted by Gasteiger charge is 2.02. The zero-order valence-electron chi connectivity index (χ0n) is 7.57. The van der Waals surface area contributed by atoms with Gasteiger partial charge >= 0.3 is 5.69 Å². The molecule has 0 fully saturated rings. The second kappa shape index (κ2) is 2.87. The molecule has 2 aromatic rings. The Morgan fingerprint density at radius 1 is 1.36 bits per heavy atom. The van der Waals surface area contributed by atoms with Crippen LogP contribution in [0.1, 0.15) is 0 Å². The maximum absolute atomic E-state index is 11.6. The Bertz CT molecular complexity index is 612. The van der Waals surface area contributed by atoms with Gasteiger partial charge < -0.3 is 4.98 Å². The van der Waals surface area contributed by atoms with Crippen LogP contribution in [0.15, 0.2) is 27.8 Å². The third kappa shape index (κ3) is 1.17. The number of hydrogen-bond acceptors (Lipinski definition) is 2. The molecule has 0 atom stereocenters. The summed E-state index contributed by atoms with van der Waals surface area (Å²) in [7, 11) is 6.96. The number of hydrogen-bond donors (Lipinski definition) is 1. The van der Waals surface area contributed by atoms with Gasteiger partial charge in [0, 0.05) is 7.05 Å². The lowest BCUT2D eigenvalue weighted by atomic mass is 9.95. The predicted molar refractivity (Wildman–Crippen MR) is 55.2 cm³/mol. The summed E-state index contributed by atoms with van der Waals surface area (Å²) in [5.74, 6) is 0. The SMILES string of the molecule is [B]c1ccc2c(=O)n(C)c(=O)[nH]c2c1. The smallest absolute Gasteiger partial charge is 0.307 e. The zero-order chi connectivity index (χ0) is 10.3. The second-order valence-electron chi connectivity index (χ2n) is 3.10. The van der Waals surface area contributed by atoms with Crippen LogP contribution in [0, 0.1) is 0 Å². The quantitative estimate of drug-likeness (QED) is 0.537. The molecule has 1 aromatic heterocycles. The molecule has 2 rings (SSSR count). The van der Waals surface area contributed by atoms with Crippen molar-refractivity contribution in [1.82, 2.24) is 9.55 Å². The van der Waals surface area contributed by atoms with Gasteiger partial charge in [0.2, 0.25) is 0 Å². The number of aromatic nitrogens is 2. The summed E-state index contributed by atoms with van der Waals surface area (Å²) in [6.07, 6.45) is 0. The molecule has 0 aliphatic heterocycles. The average Bonchev–Trinajstić information content (AvgIpc) is 2.14. The van der Waals surface area contributed by atoms with E-state index >= 15 is 0 Å². The van der Waals surface area contributed by atoms with Crippen molar-refractivity contribution in [3.05, 3.63) is 39.0 Å². The average molecular weight is 186 g/mol. The highest BCUT2D eigenvalue weighted by molar-refractivity contribution is 6.33. The van der Waals surface area contributed by atoms with Crippen molar-refractivity contribution in [3.8, 4) is 0 Å². The van der Waals surface area contributed by atoms with Gasteiger partial charge in [-0.3, -0.25) is 9.36 Å². The molecular formula is C9H7BN2O2. The molecule has 0 aliphatic rings. The molecule has 0 unspecified atom stereocenters. The fourth-order valence-corrected chi connectivity index (χ4v) is 1.32. The fraction of sp³-hybridized carbons (Fsp3) is 0.111. The topological polar surface area (TPSA) is 54.9 Å². The first-order chi connectivity index (χ1) is 6.59. The Morgan fingerprint density at radius 2 is 2.07 bits per heavy atom. The molecule has 0 saturated heterocycles. The van der Waals surface area contributed by atoms with Gasteiger partial charge in [0.05, 0.1) is 10.9 Å². The van der Waals surface area contributed by atoms with E-state index in [1.54, 1.807) is 18.2 Å². The third-order valence-electron chi connectivity index (χ3n) is 2.12. The number of nitrogens with one attached hydrogen (secondary N) is 1. The van der Waals surface area contributed by atoms with Crippen LogP contribution in [0.2, 0.25) is 0 Å². The van der Waals surface area contributed by atoms with E-state index in [1.807, 2.05) is 0 Å². The van der Waals surface area contributed by atoms with Gasteiger partial charge in [0.1, 0.15) is 7.85 Å². The van der Waals surface area contributed by atoms with Crippen molar-refractivity contribution < 1.29 is 0 Å². The maximum Gasteiger partial charge on any atom is 0.328 e. The van der Waals surface area contributed by atoms with E-state index in [0.717, 1.165) is 4.57 Å². The van der Waals surface area contributed by atoms with Crippen molar-refractivity contribution in [3.63, 3.8) is 0 Å². The number of aromatic amines is 1. The third-order valence-corrected chi connectivity index (χ3v) is 2.12.